The Morgan fingerprint density at radius 1 is 1.38 bits per heavy atom. The molecule has 2 rings (SSSR count). The predicted molar refractivity (Wildman–Crippen MR) is 56.9 cm³/mol. The van der Waals surface area contributed by atoms with Gasteiger partial charge in [0.1, 0.15) is 0 Å². The maximum Gasteiger partial charge on any atom is 0.257 e. The second kappa shape index (κ2) is 4.51. The van der Waals surface area contributed by atoms with E-state index in [0.29, 0.717) is 17.4 Å². The summed E-state index contributed by atoms with van der Waals surface area (Å²) in [6.45, 7) is 1.95. The van der Waals surface area contributed by atoms with Crippen LogP contribution in [0.1, 0.15) is 12.7 Å². The fourth-order valence-corrected chi connectivity index (χ4v) is 1.25. The minimum atomic E-state index is 0.471. The Balaban J connectivity index is 2.30. The third kappa shape index (κ3) is 2.04. The van der Waals surface area contributed by atoms with Crippen LogP contribution in [0.2, 0.25) is 0 Å². The molecule has 0 spiro atoms. The number of aryl methyl sites for hydroxylation is 1. The number of hydrogen-bond acceptors (Lipinski definition) is 5. The van der Waals surface area contributed by atoms with Crippen molar-refractivity contribution >= 4 is 11.8 Å². The van der Waals surface area contributed by atoms with Crippen LogP contribution in [0, 0.1) is 0 Å². The number of nitrogens with zero attached hydrogens (tertiary/aromatic N) is 3. The first kappa shape index (κ1) is 10.3. The SMILES string of the molecule is CCc1noc(-c2ccc(N=C=O)cc2)n1. The van der Waals surface area contributed by atoms with E-state index in [1.165, 1.54) is 6.08 Å². The maximum absolute atomic E-state index is 10.0. The van der Waals surface area contributed by atoms with E-state index in [9.17, 15) is 4.79 Å². The lowest BCUT2D eigenvalue weighted by Crippen LogP contribution is -1.82. The van der Waals surface area contributed by atoms with Crippen LogP contribution in [-0.4, -0.2) is 16.2 Å². The van der Waals surface area contributed by atoms with E-state index in [1.54, 1.807) is 24.3 Å². The molecule has 1 heterocycles. The monoisotopic (exact) mass is 215 g/mol. The van der Waals surface area contributed by atoms with E-state index in [2.05, 4.69) is 15.1 Å². The molecule has 0 aliphatic heterocycles. The van der Waals surface area contributed by atoms with Gasteiger partial charge in [-0.2, -0.15) is 9.98 Å². The number of rotatable bonds is 3. The van der Waals surface area contributed by atoms with Gasteiger partial charge in [0, 0.05) is 12.0 Å². The van der Waals surface area contributed by atoms with Crippen LogP contribution in [-0.2, 0) is 11.2 Å². The first-order valence-electron chi connectivity index (χ1n) is 4.84. The Hall–Kier alpha value is -2.26. The van der Waals surface area contributed by atoms with Gasteiger partial charge < -0.3 is 4.52 Å². The van der Waals surface area contributed by atoms with Crippen molar-refractivity contribution in [3.63, 3.8) is 0 Å². The highest BCUT2D eigenvalue weighted by atomic mass is 16.5. The van der Waals surface area contributed by atoms with Crippen LogP contribution in [0.15, 0.2) is 33.8 Å². The van der Waals surface area contributed by atoms with Crippen molar-refractivity contribution in [1.29, 1.82) is 0 Å². The van der Waals surface area contributed by atoms with Crippen molar-refractivity contribution in [2.24, 2.45) is 4.99 Å². The predicted octanol–water partition coefficient (Wildman–Crippen LogP) is 2.27. The second-order valence-corrected chi connectivity index (χ2v) is 3.12. The van der Waals surface area contributed by atoms with Crippen molar-refractivity contribution in [3.05, 3.63) is 30.1 Å². The van der Waals surface area contributed by atoms with Gasteiger partial charge in [0.25, 0.3) is 5.89 Å². The maximum atomic E-state index is 10.0. The van der Waals surface area contributed by atoms with Crippen LogP contribution in [0.4, 0.5) is 5.69 Å². The molecule has 2 aromatic rings. The Kier molecular flexibility index (Phi) is 2.89. The molecule has 0 aliphatic rings. The van der Waals surface area contributed by atoms with Gasteiger partial charge in [0.2, 0.25) is 6.08 Å². The van der Waals surface area contributed by atoms with E-state index in [1.807, 2.05) is 6.92 Å². The van der Waals surface area contributed by atoms with E-state index < -0.39 is 0 Å². The van der Waals surface area contributed by atoms with Crippen molar-refractivity contribution < 1.29 is 9.32 Å². The summed E-state index contributed by atoms with van der Waals surface area (Å²) in [6.07, 6.45) is 2.21. The topological polar surface area (TPSA) is 68.3 Å². The van der Waals surface area contributed by atoms with Crippen LogP contribution in [0.3, 0.4) is 0 Å². The zero-order valence-corrected chi connectivity index (χ0v) is 8.67. The Bertz CT molecular complexity index is 524. The summed E-state index contributed by atoms with van der Waals surface area (Å²) in [7, 11) is 0. The first-order chi connectivity index (χ1) is 7.83. The van der Waals surface area contributed by atoms with Crippen LogP contribution < -0.4 is 0 Å². The van der Waals surface area contributed by atoms with Crippen LogP contribution in [0.5, 0.6) is 0 Å². The molecule has 1 aromatic heterocycles. The molecule has 0 bridgehead atoms. The second-order valence-electron chi connectivity index (χ2n) is 3.12. The summed E-state index contributed by atoms with van der Waals surface area (Å²) in [5.41, 5.74) is 1.35. The van der Waals surface area contributed by atoms with Crippen molar-refractivity contribution in [2.45, 2.75) is 13.3 Å². The zero-order chi connectivity index (χ0) is 11.4. The molecule has 80 valence electrons. The third-order valence-corrected chi connectivity index (χ3v) is 2.07. The Labute approximate surface area is 91.8 Å². The number of aliphatic imine (C=N–C) groups is 1. The van der Waals surface area contributed by atoms with Crippen LogP contribution >= 0.6 is 0 Å². The summed E-state index contributed by atoms with van der Waals surface area (Å²) >= 11 is 0. The smallest absolute Gasteiger partial charge is 0.257 e. The van der Waals surface area contributed by atoms with Gasteiger partial charge in [-0.3, -0.25) is 0 Å². The normalized spacial score (nSPS) is 9.81. The van der Waals surface area contributed by atoms with Gasteiger partial charge >= 0.3 is 0 Å². The number of carbonyl (C=O) groups excluding carboxylic acids is 1. The van der Waals surface area contributed by atoms with E-state index in [4.69, 9.17) is 4.52 Å². The molecule has 0 amide bonds. The lowest BCUT2D eigenvalue weighted by Gasteiger charge is -1.93. The summed E-state index contributed by atoms with van der Waals surface area (Å²) in [6, 6.07) is 6.92. The third-order valence-electron chi connectivity index (χ3n) is 2.07. The summed E-state index contributed by atoms with van der Waals surface area (Å²) < 4.78 is 5.07. The highest BCUT2D eigenvalue weighted by Crippen LogP contribution is 2.20. The molecule has 0 saturated heterocycles. The van der Waals surface area contributed by atoms with Crippen LogP contribution in [0.25, 0.3) is 11.5 Å². The van der Waals surface area contributed by atoms with Gasteiger partial charge in [-0.15, -0.1) is 0 Å². The molecule has 0 saturated carbocycles. The van der Waals surface area contributed by atoms with Gasteiger partial charge in [-0.05, 0) is 24.3 Å². The summed E-state index contributed by atoms with van der Waals surface area (Å²) in [4.78, 5) is 17.7. The number of hydrogen-bond donors (Lipinski definition) is 0. The Morgan fingerprint density at radius 3 is 2.69 bits per heavy atom. The first-order valence-corrected chi connectivity index (χ1v) is 4.84. The average Bonchev–Trinajstić information content (AvgIpc) is 2.79. The minimum Gasteiger partial charge on any atom is -0.334 e. The van der Waals surface area contributed by atoms with Crippen molar-refractivity contribution in [3.8, 4) is 11.5 Å². The lowest BCUT2D eigenvalue weighted by atomic mass is 10.2. The largest absolute Gasteiger partial charge is 0.334 e. The zero-order valence-electron chi connectivity index (χ0n) is 8.67. The van der Waals surface area contributed by atoms with Gasteiger partial charge in [0.05, 0.1) is 5.69 Å². The molecular weight excluding hydrogens is 206 g/mol. The van der Waals surface area contributed by atoms with E-state index in [0.717, 1.165) is 12.0 Å². The molecule has 0 radical (unpaired) electrons. The van der Waals surface area contributed by atoms with E-state index >= 15 is 0 Å². The highest BCUT2D eigenvalue weighted by Gasteiger charge is 2.06. The highest BCUT2D eigenvalue weighted by molar-refractivity contribution is 5.58. The molecule has 0 atom stereocenters. The van der Waals surface area contributed by atoms with Gasteiger partial charge in [0.15, 0.2) is 5.82 Å². The minimum absolute atomic E-state index is 0.471. The quantitative estimate of drug-likeness (QED) is 0.581. The molecule has 16 heavy (non-hydrogen) atoms. The summed E-state index contributed by atoms with van der Waals surface area (Å²) in [5.74, 6) is 1.14. The lowest BCUT2D eigenvalue weighted by molar-refractivity contribution is 0.423. The molecular formula is C11H9N3O2. The molecule has 0 fully saturated rings. The average molecular weight is 215 g/mol. The molecule has 0 aliphatic carbocycles. The van der Waals surface area contributed by atoms with Gasteiger partial charge in [-0.25, -0.2) is 4.79 Å². The number of benzene rings is 1. The molecule has 5 nitrogen and oxygen atoms in total. The van der Waals surface area contributed by atoms with E-state index in [-0.39, 0.29) is 0 Å². The molecule has 0 N–H and O–H groups in total. The van der Waals surface area contributed by atoms with Crippen molar-refractivity contribution in [1.82, 2.24) is 10.1 Å². The number of isocyanates is 1. The fraction of sp³-hybridized carbons (Fsp3) is 0.182. The van der Waals surface area contributed by atoms with Gasteiger partial charge in [-0.1, -0.05) is 12.1 Å². The fourth-order valence-electron chi connectivity index (χ4n) is 1.25. The number of aromatic nitrogens is 2. The molecule has 5 heteroatoms. The summed E-state index contributed by atoms with van der Waals surface area (Å²) in [5, 5.41) is 3.80. The van der Waals surface area contributed by atoms with Crippen molar-refractivity contribution in [2.75, 3.05) is 0 Å². The molecule has 0 unspecified atom stereocenters. The Morgan fingerprint density at radius 2 is 2.12 bits per heavy atom. The standard InChI is InChI=1S/C11H9N3O2/c1-2-10-13-11(16-14-10)8-3-5-9(6-4-8)12-7-15/h3-6H,2H2,1H3. The molecule has 1 aromatic carbocycles.